The van der Waals surface area contributed by atoms with Gasteiger partial charge in [0, 0.05) is 10.9 Å². The molecular weight excluding hydrogens is 276 g/mol. The van der Waals surface area contributed by atoms with Crippen LogP contribution in [0.3, 0.4) is 0 Å². The summed E-state index contributed by atoms with van der Waals surface area (Å²) in [7, 11) is 0. The van der Waals surface area contributed by atoms with E-state index in [-0.39, 0.29) is 6.10 Å². The molecule has 0 aromatic heterocycles. The SMILES string of the molecule is OC1Cc2cc(Br)ccc2Cc2ccccc21. The first-order valence-corrected chi connectivity index (χ1v) is 6.56. The highest BCUT2D eigenvalue weighted by molar-refractivity contribution is 9.10. The van der Waals surface area contributed by atoms with Crippen LogP contribution in [0, 0.1) is 0 Å². The molecule has 3 rings (SSSR count). The molecule has 0 saturated carbocycles. The minimum atomic E-state index is -0.387. The van der Waals surface area contributed by atoms with Crippen molar-refractivity contribution in [2.24, 2.45) is 0 Å². The van der Waals surface area contributed by atoms with E-state index < -0.39 is 0 Å². The van der Waals surface area contributed by atoms with Gasteiger partial charge >= 0.3 is 0 Å². The molecule has 1 aliphatic carbocycles. The zero-order valence-corrected chi connectivity index (χ0v) is 10.9. The summed E-state index contributed by atoms with van der Waals surface area (Å²) in [6.07, 6.45) is 1.23. The van der Waals surface area contributed by atoms with Crippen LogP contribution in [0.15, 0.2) is 46.9 Å². The van der Waals surface area contributed by atoms with E-state index in [0.717, 1.165) is 16.5 Å². The van der Waals surface area contributed by atoms with E-state index >= 15 is 0 Å². The van der Waals surface area contributed by atoms with E-state index in [0.29, 0.717) is 6.42 Å². The average Bonchev–Trinajstić information content (AvgIpc) is 2.46. The standard InChI is InChI=1S/C15H13BrO/c16-13-6-5-10-7-11-3-1-2-4-14(11)15(17)9-12(10)8-13/h1-6,8,15,17H,7,9H2. The molecular formula is C15H13BrO. The zero-order valence-electron chi connectivity index (χ0n) is 9.36. The van der Waals surface area contributed by atoms with Gasteiger partial charge in [-0.2, -0.15) is 0 Å². The first-order valence-electron chi connectivity index (χ1n) is 5.77. The van der Waals surface area contributed by atoms with E-state index in [1.54, 1.807) is 0 Å². The van der Waals surface area contributed by atoms with Gasteiger partial charge in [-0.15, -0.1) is 0 Å². The predicted molar refractivity (Wildman–Crippen MR) is 72.1 cm³/mol. The molecule has 0 bridgehead atoms. The van der Waals surface area contributed by atoms with E-state index in [2.05, 4.69) is 40.2 Å². The molecule has 17 heavy (non-hydrogen) atoms. The molecule has 1 unspecified atom stereocenters. The monoisotopic (exact) mass is 288 g/mol. The minimum Gasteiger partial charge on any atom is -0.388 e. The second kappa shape index (κ2) is 4.28. The van der Waals surface area contributed by atoms with Crippen molar-refractivity contribution in [3.63, 3.8) is 0 Å². The van der Waals surface area contributed by atoms with Crippen LogP contribution in [0.4, 0.5) is 0 Å². The number of aliphatic hydroxyl groups excluding tert-OH is 1. The second-order valence-electron chi connectivity index (χ2n) is 4.51. The van der Waals surface area contributed by atoms with Crippen LogP contribution in [0.2, 0.25) is 0 Å². The third kappa shape index (κ3) is 2.03. The summed E-state index contributed by atoms with van der Waals surface area (Å²) in [5.74, 6) is 0. The normalized spacial score (nSPS) is 18.1. The largest absolute Gasteiger partial charge is 0.388 e. The quantitative estimate of drug-likeness (QED) is 0.785. The third-order valence-electron chi connectivity index (χ3n) is 3.38. The van der Waals surface area contributed by atoms with Crippen molar-refractivity contribution < 1.29 is 5.11 Å². The lowest BCUT2D eigenvalue weighted by molar-refractivity contribution is 0.178. The molecule has 0 spiro atoms. The third-order valence-corrected chi connectivity index (χ3v) is 3.87. The number of halogens is 1. The number of aliphatic hydroxyl groups is 1. The fourth-order valence-corrected chi connectivity index (χ4v) is 2.91. The molecule has 1 N–H and O–H groups in total. The lowest BCUT2D eigenvalue weighted by Gasteiger charge is -2.11. The highest BCUT2D eigenvalue weighted by Crippen LogP contribution is 2.31. The lowest BCUT2D eigenvalue weighted by Crippen LogP contribution is -2.01. The maximum Gasteiger partial charge on any atom is 0.0833 e. The second-order valence-corrected chi connectivity index (χ2v) is 5.42. The molecule has 2 aromatic rings. The van der Waals surface area contributed by atoms with Crippen LogP contribution in [-0.4, -0.2) is 5.11 Å². The summed E-state index contributed by atoms with van der Waals surface area (Å²) in [5.41, 5.74) is 4.86. The van der Waals surface area contributed by atoms with Crippen LogP contribution >= 0.6 is 15.9 Å². The Labute approximate surface area is 109 Å². The molecule has 1 atom stereocenters. The molecule has 0 amide bonds. The fraction of sp³-hybridized carbons (Fsp3) is 0.200. The van der Waals surface area contributed by atoms with Gasteiger partial charge in [0.15, 0.2) is 0 Å². The molecule has 0 fully saturated rings. The molecule has 86 valence electrons. The summed E-state index contributed by atoms with van der Waals surface area (Å²) in [6.45, 7) is 0. The van der Waals surface area contributed by atoms with Crippen molar-refractivity contribution in [2.75, 3.05) is 0 Å². The zero-order chi connectivity index (χ0) is 11.8. The highest BCUT2D eigenvalue weighted by Gasteiger charge is 2.19. The maximum atomic E-state index is 10.3. The number of hydrogen-bond donors (Lipinski definition) is 1. The molecule has 1 nitrogen and oxygen atoms in total. The van der Waals surface area contributed by atoms with Gasteiger partial charge in [-0.25, -0.2) is 0 Å². The molecule has 1 aliphatic rings. The van der Waals surface area contributed by atoms with Crippen molar-refractivity contribution in [1.82, 2.24) is 0 Å². The van der Waals surface area contributed by atoms with Crippen LogP contribution in [0.1, 0.15) is 28.4 Å². The van der Waals surface area contributed by atoms with Crippen molar-refractivity contribution >= 4 is 15.9 Å². The predicted octanol–water partition coefficient (Wildman–Crippen LogP) is 3.63. The summed E-state index contributed by atoms with van der Waals surface area (Å²) in [6, 6.07) is 14.5. The van der Waals surface area contributed by atoms with Gasteiger partial charge in [0.25, 0.3) is 0 Å². The van der Waals surface area contributed by atoms with Crippen LogP contribution < -0.4 is 0 Å². The van der Waals surface area contributed by atoms with Gasteiger partial charge < -0.3 is 5.11 Å². The summed E-state index contributed by atoms with van der Waals surface area (Å²) in [5, 5.41) is 10.3. The van der Waals surface area contributed by atoms with Crippen LogP contribution in [0.5, 0.6) is 0 Å². The molecule has 2 aromatic carbocycles. The van der Waals surface area contributed by atoms with E-state index in [1.165, 1.54) is 16.7 Å². The Morgan fingerprint density at radius 1 is 1.00 bits per heavy atom. The Kier molecular flexibility index (Phi) is 2.77. The Bertz CT molecular complexity index is 563. The number of rotatable bonds is 0. The summed E-state index contributed by atoms with van der Waals surface area (Å²) >= 11 is 3.49. The van der Waals surface area contributed by atoms with Gasteiger partial charge in [-0.05, 0) is 40.8 Å². The Balaban J connectivity index is 2.13. The van der Waals surface area contributed by atoms with E-state index in [9.17, 15) is 5.11 Å². The molecule has 0 radical (unpaired) electrons. The van der Waals surface area contributed by atoms with Gasteiger partial charge in [-0.3, -0.25) is 0 Å². The van der Waals surface area contributed by atoms with Crippen molar-refractivity contribution in [3.8, 4) is 0 Å². The summed E-state index contributed by atoms with van der Waals surface area (Å²) < 4.78 is 1.08. The smallest absolute Gasteiger partial charge is 0.0833 e. The van der Waals surface area contributed by atoms with Gasteiger partial charge in [0.1, 0.15) is 0 Å². The highest BCUT2D eigenvalue weighted by atomic mass is 79.9. The molecule has 0 saturated heterocycles. The number of hydrogen-bond acceptors (Lipinski definition) is 1. The average molecular weight is 289 g/mol. The molecule has 0 aliphatic heterocycles. The number of benzene rings is 2. The Morgan fingerprint density at radius 3 is 2.71 bits per heavy atom. The Morgan fingerprint density at radius 2 is 1.82 bits per heavy atom. The Hall–Kier alpha value is -1.12. The lowest BCUT2D eigenvalue weighted by atomic mass is 10.0. The van der Waals surface area contributed by atoms with Crippen LogP contribution in [-0.2, 0) is 12.8 Å². The molecule has 2 heteroatoms. The first kappa shape index (κ1) is 11.0. The van der Waals surface area contributed by atoms with Crippen molar-refractivity contribution in [2.45, 2.75) is 18.9 Å². The van der Waals surface area contributed by atoms with Gasteiger partial charge in [0.2, 0.25) is 0 Å². The maximum absolute atomic E-state index is 10.3. The number of fused-ring (bicyclic) bond motifs is 2. The minimum absolute atomic E-state index is 0.387. The topological polar surface area (TPSA) is 20.2 Å². The van der Waals surface area contributed by atoms with Gasteiger partial charge in [0.05, 0.1) is 6.10 Å². The van der Waals surface area contributed by atoms with Crippen molar-refractivity contribution in [3.05, 3.63) is 69.2 Å². The van der Waals surface area contributed by atoms with Crippen LogP contribution in [0.25, 0.3) is 0 Å². The summed E-state index contributed by atoms with van der Waals surface area (Å²) in [4.78, 5) is 0. The molecule has 0 heterocycles. The van der Waals surface area contributed by atoms with Crippen molar-refractivity contribution in [1.29, 1.82) is 0 Å². The van der Waals surface area contributed by atoms with E-state index in [1.807, 2.05) is 18.2 Å². The van der Waals surface area contributed by atoms with E-state index in [4.69, 9.17) is 0 Å². The van der Waals surface area contributed by atoms with Gasteiger partial charge in [-0.1, -0.05) is 46.3 Å². The fourth-order valence-electron chi connectivity index (χ4n) is 2.50. The first-order chi connectivity index (χ1) is 8.24.